The summed E-state index contributed by atoms with van der Waals surface area (Å²) < 4.78 is 41.5. The van der Waals surface area contributed by atoms with E-state index in [0.717, 1.165) is 41.8 Å². The van der Waals surface area contributed by atoms with Gasteiger partial charge in [-0.05, 0) is 66.4 Å². The zero-order valence-corrected chi connectivity index (χ0v) is 24.0. The average molecular weight is 576 g/mol. The second-order valence-electron chi connectivity index (χ2n) is 10.3. The molecular weight excluding hydrogens is 539 g/mol. The van der Waals surface area contributed by atoms with Crippen LogP contribution in [0.4, 0.5) is 13.2 Å². The van der Waals surface area contributed by atoms with E-state index in [-0.39, 0.29) is 24.9 Å². The predicted octanol–water partition coefficient (Wildman–Crippen LogP) is 7.51. The lowest BCUT2D eigenvalue weighted by molar-refractivity contribution is -0.137. The molecule has 1 heterocycles. The second kappa shape index (κ2) is 14.0. The van der Waals surface area contributed by atoms with Crippen LogP contribution in [-0.4, -0.2) is 45.8 Å². The van der Waals surface area contributed by atoms with Crippen LogP contribution < -0.4 is 0 Å². The summed E-state index contributed by atoms with van der Waals surface area (Å²) in [6.45, 7) is 5.26. The highest BCUT2D eigenvalue weighted by Gasteiger charge is 2.30. The van der Waals surface area contributed by atoms with Gasteiger partial charge in [-0.3, -0.25) is 9.59 Å². The normalized spacial score (nSPS) is 11.4. The van der Waals surface area contributed by atoms with Gasteiger partial charge in [-0.2, -0.15) is 13.2 Å². The zero-order chi connectivity index (χ0) is 30.1. The first-order valence-electron chi connectivity index (χ1n) is 14.2. The van der Waals surface area contributed by atoms with Gasteiger partial charge in [0.15, 0.2) is 0 Å². The molecule has 0 saturated heterocycles. The summed E-state index contributed by atoms with van der Waals surface area (Å²) in [5, 5.41) is 0. The van der Waals surface area contributed by atoms with Gasteiger partial charge in [0.25, 0.3) is 5.91 Å². The summed E-state index contributed by atoms with van der Waals surface area (Å²) in [6, 6.07) is 26.3. The van der Waals surface area contributed by atoms with Gasteiger partial charge in [0.05, 0.1) is 12.1 Å². The van der Waals surface area contributed by atoms with Gasteiger partial charge in [0.2, 0.25) is 5.91 Å². The van der Waals surface area contributed by atoms with Gasteiger partial charge in [-0.25, -0.2) is 0 Å². The van der Waals surface area contributed by atoms with Crippen molar-refractivity contribution in [2.45, 2.75) is 46.0 Å². The van der Waals surface area contributed by atoms with Crippen LogP contribution in [0.25, 0.3) is 11.1 Å². The molecular formula is C34H36F3N3O2. The number of halogens is 3. The maximum atomic E-state index is 13.5. The first-order valence-corrected chi connectivity index (χ1v) is 14.2. The molecule has 0 aliphatic heterocycles. The van der Waals surface area contributed by atoms with Crippen molar-refractivity contribution in [3.05, 3.63) is 120 Å². The van der Waals surface area contributed by atoms with Crippen LogP contribution in [0.2, 0.25) is 0 Å². The number of aromatic nitrogens is 1. The maximum absolute atomic E-state index is 13.5. The molecule has 8 heteroatoms. The molecule has 0 fully saturated rings. The van der Waals surface area contributed by atoms with Crippen LogP contribution in [0.5, 0.6) is 0 Å². The zero-order valence-electron chi connectivity index (χ0n) is 24.0. The number of carbonyl (C=O) groups excluding carboxylic acids is 2. The molecule has 0 unspecified atom stereocenters. The molecule has 4 rings (SSSR count). The van der Waals surface area contributed by atoms with Crippen molar-refractivity contribution in [1.29, 1.82) is 0 Å². The Kier molecular flexibility index (Phi) is 10.2. The van der Waals surface area contributed by atoms with E-state index in [9.17, 15) is 22.8 Å². The minimum absolute atomic E-state index is 0.0617. The van der Waals surface area contributed by atoms with Crippen molar-refractivity contribution in [2.75, 3.05) is 19.6 Å². The Labute approximate surface area is 245 Å². The highest BCUT2D eigenvalue weighted by Crippen LogP contribution is 2.30. The molecule has 0 bridgehead atoms. The fourth-order valence-corrected chi connectivity index (χ4v) is 4.84. The smallest absolute Gasteiger partial charge is 0.345 e. The third-order valence-corrected chi connectivity index (χ3v) is 7.25. The first-order chi connectivity index (χ1) is 20.2. The minimum atomic E-state index is -4.41. The predicted molar refractivity (Wildman–Crippen MR) is 159 cm³/mol. The van der Waals surface area contributed by atoms with E-state index in [4.69, 9.17) is 0 Å². The third-order valence-electron chi connectivity index (χ3n) is 7.25. The summed E-state index contributed by atoms with van der Waals surface area (Å²) >= 11 is 0. The van der Waals surface area contributed by atoms with Crippen molar-refractivity contribution in [3.63, 3.8) is 0 Å². The molecule has 42 heavy (non-hydrogen) atoms. The lowest BCUT2D eigenvalue weighted by Crippen LogP contribution is -2.43. The molecule has 0 aliphatic carbocycles. The van der Waals surface area contributed by atoms with Crippen LogP contribution in [0.15, 0.2) is 97.2 Å². The monoisotopic (exact) mass is 575 g/mol. The highest BCUT2D eigenvalue weighted by molar-refractivity contribution is 5.97. The largest absolute Gasteiger partial charge is 0.416 e. The molecule has 220 valence electrons. The van der Waals surface area contributed by atoms with Crippen LogP contribution >= 0.6 is 0 Å². The van der Waals surface area contributed by atoms with Crippen LogP contribution in [-0.2, 0) is 24.1 Å². The van der Waals surface area contributed by atoms with E-state index in [1.165, 1.54) is 6.07 Å². The van der Waals surface area contributed by atoms with Crippen molar-refractivity contribution >= 4 is 11.8 Å². The number of unbranched alkanes of at least 4 members (excludes halogenated alkanes) is 1. The Morgan fingerprint density at radius 1 is 0.810 bits per heavy atom. The molecule has 1 aromatic heterocycles. The van der Waals surface area contributed by atoms with Gasteiger partial charge in [0.1, 0.15) is 6.54 Å². The Hall–Kier alpha value is -4.33. The van der Waals surface area contributed by atoms with E-state index >= 15 is 0 Å². The van der Waals surface area contributed by atoms with Gasteiger partial charge in [0, 0.05) is 37.1 Å². The number of hydrogen-bond acceptors (Lipinski definition) is 2. The fourth-order valence-electron chi connectivity index (χ4n) is 4.84. The minimum Gasteiger partial charge on any atom is -0.345 e. The van der Waals surface area contributed by atoms with Gasteiger partial charge >= 0.3 is 6.18 Å². The van der Waals surface area contributed by atoms with E-state index in [0.29, 0.717) is 30.8 Å². The van der Waals surface area contributed by atoms with E-state index < -0.39 is 11.7 Å². The second-order valence-corrected chi connectivity index (χ2v) is 10.3. The number of amides is 2. The van der Waals surface area contributed by atoms with Crippen LogP contribution in [0, 0.1) is 0 Å². The van der Waals surface area contributed by atoms with E-state index in [2.05, 4.69) is 0 Å². The molecule has 0 saturated carbocycles. The van der Waals surface area contributed by atoms with Gasteiger partial charge in [-0.15, -0.1) is 0 Å². The third kappa shape index (κ3) is 7.90. The molecule has 5 nitrogen and oxygen atoms in total. The quantitative estimate of drug-likeness (QED) is 0.176. The van der Waals surface area contributed by atoms with Gasteiger partial charge in [-0.1, -0.05) is 67.9 Å². The average Bonchev–Trinajstić information content (AvgIpc) is 3.43. The number of rotatable bonds is 12. The number of carbonyl (C=O) groups is 2. The molecule has 0 aliphatic rings. The Morgan fingerprint density at radius 2 is 1.52 bits per heavy atom. The molecule has 3 aromatic carbocycles. The van der Waals surface area contributed by atoms with Crippen LogP contribution in [0.3, 0.4) is 0 Å². The molecule has 4 aromatic rings. The summed E-state index contributed by atoms with van der Waals surface area (Å²) in [7, 11) is 0. The summed E-state index contributed by atoms with van der Waals surface area (Å²) in [6.07, 6.45) is -0.926. The SMILES string of the molecule is CCCCN(Cc1cccn1Cc1cccc(C(F)(F)F)c1)C(=O)CN(CC)C(=O)c1ccc(-c2ccccc2)cc1. The molecule has 0 N–H and O–H groups in total. The van der Waals surface area contributed by atoms with Crippen molar-refractivity contribution in [1.82, 2.24) is 14.4 Å². The summed E-state index contributed by atoms with van der Waals surface area (Å²) in [5.41, 5.74) is 3.22. The maximum Gasteiger partial charge on any atom is 0.416 e. The van der Waals surface area contributed by atoms with E-state index in [1.54, 1.807) is 34.2 Å². The topological polar surface area (TPSA) is 45.6 Å². The van der Waals surface area contributed by atoms with Crippen molar-refractivity contribution < 1.29 is 22.8 Å². The Balaban J connectivity index is 1.46. The lowest BCUT2D eigenvalue weighted by Gasteiger charge is -2.27. The van der Waals surface area contributed by atoms with Crippen molar-refractivity contribution in [2.24, 2.45) is 0 Å². The van der Waals surface area contributed by atoms with E-state index in [1.807, 2.05) is 73.0 Å². The lowest BCUT2D eigenvalue weighted by atomic mass is 10.0. The fraction of sp³-hybridized carbons (Fsp3) is 0.294. The molecule has 0 atom stereocenters. The number of benzene rings is 3. The first kappa shape index (κ1) is 30.6. The molecule has 2 amide bonds. The van der Waals surface area contributed by atoms with Gasteiger partial charge < -0.3 is 14.4 Å². The van der Waals surface area contributed by atoms with Crippen LogP contribution in [0.1, 0.15) is 53.9 Å². The Morgan fingerprint density at radius 3 is 2.19 bits per heavy atom. The number of nitrogens with zero attached hydrogens (tertiary/aromatic N) is 3. The number of alkyl halides is 3. The summed E-state index contributed by atoms with van der Waals surface area (Å²) in [4.78, 5) is 30.2. The van der Waals surface area contributed by atoms with Crippen molar-refractivity contribution in [3.8, 4) is 11.1 Å². The standard InChI is InChI=1S/C34H36F3N3O2/c1-3-5-20-40(24-31-15-10-21-39(31)23-26-11-9-14-30(22-26)34(35,36)37)32(41)25-38(4-2)33(42)29-18-16-28(17-19-29)27-12-7-6-8-13-27/h6-19,21-22H,3-5,20,23-25H2,1-2H3. The Bertz CT molecular complexity index is 1460. The number of hydrogen-bond donors (Lipinski definition) is 0. The molecule has 0 spiro atoms. The number of likely N-dealkylation sites (N-methyl/N-ethyl adjacent to an activating group) is 1. The highest BCUT2D eigenvalue weighted by atomic mass is 19.4. The molecule has 0 radical (unpaired) electrons. The summed E-state index contributed by atoms with van der Waals surface area (Å²) in [5.74, 6) is -0.389.